The number of piperidine rings is 1. The van der Waals surface area contributed by atoms with E-state index in [9.17, 15) is 9.59 Å². The smallest absolute Gasteiger partial charge is 0.256 e. The van der Waals surface area contributed by atoms with Crippen molar-refractivity contribution in [2.45, 2.75) is 32.1 Å². The number of carbonyl (C=O) groups is 2. The maximum Gasteiger partial charge on any atom is 0.256 e. The van der Waals surface area contributed by atoms with E-state index in [2.05, 4.69) is 25.9 Å². The highest BCUT2D eigenvalue weighted by molar-refractivity contribution is 6.04. The van der Waals surface area contributed by atoms with Crippen LogP contribution in [0.3, 0.4) is 0 Å². The van der Waals surface area contributed by atoms with Crippen molar-refractivity contribution in [3.05, 3.63) is 70.5 Å². The summed E-state index contributed by atoms with van der Waals surface area (Å²) in [5, 5.41) is 9.42. The lowest BCUT2D eigenvalue weighted by molar-refractivity contribution is 0.0915. The van der Waals surface area contributed by atoms with Crippen molar-refractivity contribution in [3.8, 4) is 11.3 Å². The highest BCUT2D eigenvalue weighted by Crippen LogP contribution is 2.37. The summed E-state index contributed by atoms with van der Waals surface area (Å²) in [5.41, 5.74) is 6.13. The highest BCUT2D eigenvalue weighted by Gasteiger charge is 2.42. The van der Waals surface area contributed by atoms with Crippen molar-refractivity contribution < 1.29 is 9.59 Å². The number of anilines is 1. The van der Waals surface area contributed by atoms with Crippen molar-refractivity contribution >= 4 is 17.6 Å². The lowest BCUT2D eigenvalue weighted by Crippen LogP contribution is -2.54. The number of hydrogen-bond acceptors (Lipinski definition) is 4. The van der Waals surface area contributed by atoms with Crippen LogP contribution >= 0.6 is 0 Å². The van der Waals surface area contributed by atoms with E-state index in [4.69, 9.17) is 0 Å². The molecular weight excluding hydrogens is 402 g/mol. The second kappa shape index (κ2) is 7.91. The second-order valence-electron chi connectivity index (χ2n) is 8.90. The van der Waals surface area contributed by atoms with Gasteiger partial charge >= 0.3 is 0 Å². The number of aromatic amines is 1. The molecule has 2 aliphatic heterocycles. The summed E-state index contributed by atoms with van der Waals surface area (Å²) in [6.45, 7) is 6.49. The van der Waals surface area contributed by atoms with Crippen LogP contribution in [0.15, 0.2) is 42.6 Å². The first-order chi connectivity index (χ1) is 15.4. The van der Waals surface area contributed by atoms with Crippen LogP contribution in [-0.2, 0) is 5.41 Å². The summed E-state index contributed by atoms with van der Waals surface area (Å²) in [6.07, 6.45) is 3.78. The molecule has 1 spiro atoms. The third-order valence-electron chi connectivity index (χ3n) is 6.73. The number of fused-ring (bicyclic) bond motifs is 2. The molecule has 5 rings (SSSR count). The van der Waals surface area contributed by atoms with E-state index < -0.39 is 0 Å². The Bertz CT molecular complexity index is 1210. The summed E-state index contributed by atoms with van der Waals surface area (Å²) >= 11 is 0. The maximum absolute atomic E-state index is 12.7. The Balaban J connectivity index is 1.44. The van der Waals surface area contributed by atoms with Crippen LogP contribution in [0, 0.1) is 13.8 Å². The topological polar surface area (TPSA) is 98.9 Å². The molecule has 0 saturated carbocycles. The first kappa shape index (κ1) is 20.5. The average molecular weight is 430 g/mol. The molecule has 1 unspecified atom stereocenters. The quantitative estimate of drug-likeness (QED) is 0.513. The van der Waals surface area contributed by atoms with Gasteiger partial charge in [0.1, 0.15) is 5.82 Å². The van der Waals surface area contributed by atoms with Gasteiger partial charge in [-0.25, -0.2) is 4.98 Å². The van der Waals surface area contributed by atoms with Gasteiger partial charge in [-0.2, -0.15) is 0 Å². The molecule has 0 bridgehead atoms. The first-order valence-electron chi connectivity index (χ1n) is 11.0. The van der Waals surface area contributed by atoms with Crippen molar-refractivity contribution in [1.29, 1.82) is 0 Å². The van der Waals surface area contributed by atoms with Gasteiger partial charge in [0.25, 0.3) is 11.8 Å². The molecule has 32 heavy (non-hydrogen) atoms. The van der Waals surface area contributed by atoms with Crippen molar-refractivity contribution in [2.24, 2.45) is 0 Å². The summed E-state index contributed by atoms with van der Waals surface area (Å²) in [4.78, 5) is 33.1. The fraction of sp³-hybridized carbons (Fsp3) is 0.320. The van der Waals surface area contributed by atoms with E-state index in [-0.39, 0.29) is 17.2 Å². The highest BCUT2D eigenvalue weighted by atomic mass is 16.2. The Hall–Kier alpha value is -3.45. The van der Waals surface area contributed by atoms with Gasteiger partial charge in [0.2, 0.25) is 0 Å². The minimum Gasteiger partial charge on any atom is -0.357 e. The van der Waals surface area contributed by atoms with Gasteiger partial charge < -0.3 is 20.9 Å². The fourth-order valence-corrected chi connectivity index (χ4v) is 4.71. The summed E-state index contributed by atoms with van der Waals surface area (Å²) < 4.78 is 0. The Labute approximate surface area is 187 Å². The molecule has 4 N–H and O–H groups in total. The molecule has 164 valence electrons. The Kier molecular flexibility index (Phi) is 5.06. The molecule has 2 aliphatic rings. The number of nitrogens with zero attached hydrogens (tertiary/aromatic N) is 1. The number of hydrogen-bond donors (Lipinski definition) is 4. The maximum atomic E-state index is 12.7. The molecule has 1 aromatic carbocycles. The molecule has 1 atom stereocenters. The summed E-state index contributed by atoms with van der Waals surface area (Å²) in [6, 6.07) is 11.3. The SMILES string of the molecule is Cc1ccc(C(=O)Nc2cc(-c3cc4c([nH]3)C3(CCCNC3)CNC4=O)ccn2)cc1C. The summed E-state index contributed by atoms with van der Waals surface area (Å²) in [5.74, 6) is 0.225. The summed E-state index contributed by atoms with van der Waals surface area (Å²) in [7, 11) is 0. The van der Waals surface area contributed by atoms with Gasteiger partial charge in [0, 0.05) is 47.2 Å². The molecule has 3 aromatic rings. The monoisotopic (exact) mass is 429 g/mol. The molecule has 0 radical (unpaired) electrons. The lowest BCUT2D eigenvalue weighted by atomic mass is 9.74. The number of amides is 2. The van der Waals surface area contributed by atoms with E-state index in [1.54, 1.807) is 6.20 Å². The number of benzene rings is 1. The van der Waals surface area contributed by atoms with Gasteiger partial charge in [-0.1, -0.05) is 6.07 Å². The Morgan fingerprint density at radius 2 is 1.97 bits per heavy atom. The third-order valence-corrected chi connectivity index (χ3v) is 6.73. The van der Waals surface area contributed by atoms with Crippen LogP contribution in [0.1, 0.15) is 50.4 Å². The van der Waals surface area contributed by atoms with E-state index in [0.717, 1.165) is 54.0 Å². The van der Waals surface area contributed by atoms with Crippen molar-refractivity contribution in [3.63, 3.8) is 0 Å². The van der Waals surface area contributed by atoms with Crippen LogP contribution in [0.25, 0.3) is 11.3 Å². The minimum atomic E-state index is -0.199. The standard InChI is InChI=1S/C25H27N5O2/c1-15-4-5-18(10-16(15)2)23(31)30-21-11-17(6-9-27-21)20-12-19-22(29-20)25(14-28-24(19)32)7-3-8-26-13-25/h4-6,9-12,26,29H,3,7-8,13-14H2,1-2H3,(H,28,32)(H,27,30,31). The van der Waals surface area contributed by atoms with Gasteiger partial charge in [0.15, 0.2) is 0 Å². The third kappa shape index (κ3) is 3.58. The molecule has 2 aromatic heterocycles. The zero-order valence-electron chi connectivity index (χ0n) is 18.3. The van der Waals surface area contributed by atoms with Crippen molar-refractivity contribution in [2.75, 3.05) is 25.0 Å². The number of carbonyl (C=O) groups excluding carboxylic acids is 2. The van der Waals surface area contributed by atoms with E-state index in [1.165, 1.54) is 0 Å². The van der Waals surface area contributed by atoms with Crippen molar-refractivity contribution in [1.82, 2.24) is 20.6 Å². The van der Waals surface area contributed by atoms with Gasteiger partial charge in [-0.3, -0.25) is 9.59 Å². The average Bonchev–Trinajstić information content (AvgIpc) is 3.27. The van der Waals surface area contributed by atoms with E-state index in [1.807, 2.05) is 50.2 Å². The van der Waals surface area contributed by atoms with Crippen LogP contribution in [0.5, 0.6) is 0 Å². The number of aromatic nitrogens is 2. The predicted molar refractivity (Wildman–Crippen MR) is 124 cm³/mol. The molecular formula is C25H27N5O2. The first-order valence-corrected chi connectivity index (χ1v) is 11.0. The molecule has 1 saturated heterocycles. The van der Waals surface area contributed by atoms with Crippen LogP contribution in [-0.4, -0.2) is 41.4 Å². The fourth-order valence-electron chi connectivity index (χ4n) is 4.71. The minimum absolute atomic E-state index is 0.0454. The number of rotatable bonds is 3. The van der Waals surface area contributed by atoms with Crippen LogP contribution in [0.4, 0.5) is 5.82 Å². The Morgan fingerprint density at radius 1 is 1.09 bits per heavy atom. The number of aryl methyl sites for hydroxylation is 2. The van der Waals surface area contributed by atoms with Crippen LogP contribution < -0.4 is 16.0 Å². The zero-order chi connectivity index (χ0) is 22.3. The van der Waals surface area contributed by atoms with E-state index >= 15 is 0 Å². The van der Waals surface area contributed by atoms with Gasteiger partial charge in [-0.15, -0.1) is 0 Å². The second-order valence-corrected chi connectivity index (χ2v) is 8.90. The number of pyridine rings is 1. The Morgan fingerprint density at radius 3 is 2.75 bits per heavy atom. The molecule has 7 heteroatoms. The normalized spacial score (nSPS) is 20.0. The number of H-pyrrole nitrogens is 1. The lowest BCUT2D eigenvalue weighted by Gasteiger charge is -2.40. The molecule has 7 nitrogen and oxygen atoms in total. The van der Waals surface area contributed by atoms with Gasteiger partial charge in [-0.05, 0) is 74.7 Å². The number of nitrogens with one attached hydrogen (secondary N) is 4. The van der Waals surface area contributed by atoms with Crippen LogP contribution in [0.2, 0.25) is 0 Å². The van der Waals surface area contributed by atoms with Gasteiger partial charge in [0.05, 0.1) is 5.56 Å². The molecule has 2 amide bonds. The molecule has 0 aliphatic carbocycles. The largest absolute Gasteiger partial charge is 0.357 e. The molecule has 4 heterocycles. The molecule has 1 fully saturated rings. The predicted octanol–water partition coefficient (Wildman–Crippen LogP) is 3.31. The zero-order valence-corrected chi connectivity index (χ0v) is 18.3. The van der Waals surface area contributed by atoms with E-state index in [0.29, 0.717) is 23.5 Å².